The molecule has 0 aliphatic heterocycles. The van der Waals surface area contributed by atoms with Gasteiger partial charge in [-0.05, 0) is 19.3 Å². The molecule has 0 aromatic carbocycles. The van der Waals surface area contributed by atoms with Gasteiger partial charge < -0.3 is 10.4 Å². The summed E-state index contributed by atoms with van der Waals surface area (Å²) in [6, 6.07) is -0.179. The normalized spacial score (nSPS) is 25.1. The predicted molar refractivity (Wildman–Crippen MR) is 72.9 cm³/mol. The lowest BCUT2D eigenvalue weighted by Crippen LogP contribution is -2.30. The van der Waals surface area contributed by atoms with Crippen molar-refractivity contribution in [3.05, 3.63) is 17.5 Å². The fourth-order valence-electron chi connectivity index (χ4n) is 2.91. The standard InChI is InChI=1S/C14H21N3O3/c1-7(9-6-15-17(5)8(9)2)16-12(18)10-11(13(19)20)14(10,3)4/h6-7,10-11H,1-5H3,(H,16,18)(H,19,20)/t7?,10-,11+/m0/s1. The molecule has 20 heavy (non-hydrogen) atoms. The van der Waals surface area contributed by atoms with Crippen LogP contribution in [0.1, 0.15) is 38.1 Å². The molecular formula is C14H21N3O3. The molecule has 1 aliphatic carbocycles. The van der Waals surface area contributed by atoms with E-state index in [1.54, 1.807) is 10.9 Å². The summed E-state index contributed by atoms with van der Waals surface area (Å²) in [7, 11) is 1.85. The van der Waals surface area contributed by atoms with E-state index in [1.807, 2.05) is 34.7 Å². The molecular weight excluding hydrogens is 258 g/mol. The second-order valence-electron chi connectivity index (χ2n) is 6.15. The number of carbonyl (C=O) groups excluding carboxylic acids is 1. The Balaban J connectivity index is 2.06. The molecule has 6 nitrogen and oxygen atoms in total. The highest BCUT2D eigenvalue weighted by Crippen LogP contribution is 2.58. The smallest absolute Gasteiger partial charge is 0.307 e. The number of amides is 1. The van der Waals surface area contributed by atoms with Gasteiger partial charge in [-0.3, -0.25) is 14.3 Å². The third kappa shape index (κ3) is 2.19. The van der Waals surface area contributed by atoms with Gasteiger partial charge in [-0.2, -0.15) is 5.10 Å². The van der Waals surface area contributed by atoms with E-state index in [0.717, 1.165) is 11.3 Å². The maximum atomic E-state index is 12.2. The summed E-state index contributed by atoms with van der Waals surface area (Å²) in [6.07, 6.45) is 1.73. The first kappa shape index (κ1) is 14.6. The van der Waals surface area contributed by atoms with Crippen LogP contribution in [0.15, 0.2) is 6.20 Å². The van der Waals surface area contributed by atoms with Gasteiger partial charge in [0.05, 0.1) is 24.1 Å². The molecule has 0 radical (unpaired) electrons. The van der Waals surface area contributed by atoms with E-state index in [0.29, 0.717) is 0 Å². The minimum atomic E-state index is -0.902. The first-order chi connectivity index (χ1) is 9.17. The molecule has 6 heteroatoms. The SMILES string of the molecule is Cc1c(C(C)NC(=O)[C@@H]2[C@H](C(=O)O)C2(C)C)cnn1C. The molecule has 110 valence electrons. The second kappa shape index (κ2) is 4.61. The summed E-state index contributed by atoms with van der Waals surface area (Å²) >= 11 is 0. The molecule has 1 saturated carbocycles. The van der Waals surface area contributed by atoms with Gasteiger partial charge in [0.15, 0.2) is 0 Å². The largest absolute Gasteiger partial charge is 0.481 e. The van der Waals surface area contributed by atoms with Crippen molar-refractivity contribution in [2.75, 3.05) is 0 Å². The summed E-state index contributed by atoms with van der Waals surface area (Å²) in [4.78, 5) is 23.3. The summed E-state index contributed by atoms with van der Waals surface area (Å²) in [5, 5.41) is 16.2. The maximum Gasteiger partial charge on any atom is 0.307 e. The van der Waals surface area contributed by atoms with Crippen LogP contribution < -0.4 is 5.32 Å². The van der Waals surface area contributed by atoms with Gasteiger partial charge in [-0.15, -0.1) is 0 Å². The van der Waals surface area contributed by atoms with Crippen LogP contribution in [-0.2, 0) is 16.6 Å². The number of aliphatic carboxylic acids is 1. The van der Waals surface area contributed by atoms with Crippen molar-refractivity contribution in [2.45, 2.75) is 33.7 Å². The minimum Gasteiger partial charge on any atom is -0.481 e. The molecule has 2 rings (SSSR count). The Morgan fingerprint density at radius 3 is 2.45 bits per heavy atom. The van der Waals surface area contributed by atoms with Crippen LogP contribution in [0.25, 0.3) is 0 Å². The fourth-order valence-corrected chi connectivity index (χ4v) is 2.91. The molecule has 0 bridgehead atoms. The van der Waals surface area contributed by atoms with Gasteiger partial charge in [-0.1, -0.05) is 13.8 Å². The Kier molecular flexibility index (Phi) is 3.36. The van der Waals surface area contributed by atoms with Gasteiger partial charge in [0.25, 0.3) is 0 Å². The number of carboxylic acid groups (broad SMARTS) is 1. The van der Waals surface area contributed by atoms with Crippen LogP contribution in [0.5, 0.6) is 0 Å². The van der Waals surface area contributed by atoms with Crippen molar-refractivity contribution in [2.24, 2.45) is 24.3 Å². The summed E-state index contributed by atoms with van der Waals surface area (Å²) in [6.45, 7) is 7.45. The lowest BCUT2D eigenvalue weighted by molar-refractivity contribution is -0.140. The first-order valence-corrected chi connectivity index (χ1v) is 6.69. The number of rotatable bonds is 4. The molecule has 3 atom stereocenters. The average molecular weight is 279 g/mol. The quantitative estimate of drug-likeness (QED) is 0.869. The highest BCUT2D eigenvalue weighted by atomic mass is 16.4. The molecule has 1 aromatic heterocycles. The van der Waals surface area contributed by atoms with Gasteiger partial charge in [0.1, 0.15) is 0 Å². The molecule has 0 saturated heterocycles. The van der Waals surface area contributed by atoms with Crippen molar-refractivity contribution in [3.63, 3.8) is 0 Å². The van der Waals surface area contributed by atoms with Gasteiger partial charge in [0, 0.05) is 18.3 Å². The lowest BCUT2D eigenvalue weighted by Gasteiger charge is -2.14. The number of hydrogen-bond donors (Lipinski definition) is 2. The fraction of sp³-hybridized carbons (Fsp3) is 0.643. The van der Waals surface area contributed by atoms with Crippen molar-refractivity contribution in [1.82, 2.24) is 15.1 Å². The predicted octanol–water partition coefficient (Wildman–Crippen LogP) is 1.26. The molecule has 1 heterocycles. The first-order valence-electron chi connectivity index (χ1n) is 6.69. The zero-order valence-corrected chi connectivity index (χ0v) is 12.5. The highest BCUT2D eigenvalue weighted by molar-refractivity contribution is 5.91. The molecule has 1 amide bonds. The van der Waals surface area contributed by atoms with Crippen LogP contribution in [0.3, 0.4) is 0 Å². The third-order valence-corrected chi connectivity index (χ3v) is 4.47. The zero-order chi connectivity index (χ0) is 15.2. The average Bonchev–Trinajstić information content (AvgIpc) is 2.77. The van der Waals surface area contributed by atoms with E-state index in [4.69, 9.17) is 5.11 Å². The monoisotopic (exact) mass is 279 g/mol. The molecule has 1 aromatic rings. The van der Waals surface area contributed by atoms with Crippen LogP contribution in [0.4, 0.5) is 0 Å². The van der Waals surface area contributed by atoms with Crippen LogP contribution in [0, 0.1) is 24.2 Å². The summed E-state index contributed by atoms with van der Waals surface area (Å²) < 4.78 is 1.75. The van der Waals surface area contributed by atoms with Crippen LogP contribution in [0.2, 0.25) is 0 Å². The molecule has 1 unspecified atom stereocenters. The van der Waals surface area contributed by atoms with E-state index >= 15 is 0 Å². The van der Waals surface area contributed by atoms with Gasteiger partial charge in [0.2, 0.25) is 5.91 Å². The van der Waals surface area contributed by atoms with E-state index in [1.165, 1.54) is 0 Å². The maximum absolute atomic E-state index is 12.2. The Morgan fingerprint density at radius 1 is 1.45 bits per heavy atom. The molecule has 2 N–H and O–H groups in total. The van der Waals surface area contributed by atoms with Gasteiger partial charge in [-0.25, -0.2) is 0 Å². The van der Waals surface area contributed by atoms with E-state index < -0.39 is 23.2 Å². The molecule has 1 fully saturated rings. The van der Waals surface area contributed by atoms with E-state index in [2.05, 4.69) is 10.4 Å². The Bertz CT molecular complexity index is 562. The highest BCUT2D eigenvalue weighted by Gasteiger charge is 2.65. The Labute approximate surface area is 118 Å². The number of nitrogens with one attached hydrogen (secondary N) is 1. The number of carbonyl (C=O) groups is 2. The van der Waals surface area contributed by atoms with Crippen molar-refractivity contribution < 1.29 is 14.7 Å². The topological polar surface area (TPSA) is 84.2 Å². The Morgan fingerprint density at radius 2 is 2.05 bits per heavy atom. The number of aromatic nitrogens is 2. The summed E-state index contributed by atoms with van der Waals surface area (Å²) in [5.41, 5.74) is 1.47. The number of nitrogens with zero attached hydrogens (tertiary/aromatic N) is 2. The van der Waals surface area contributed by atoms with Gasteiger partial charge >= 0.3 is 5.97 Å². The lowest BCUT2D eigenvalue weighted by atomic mass is 10.1. The summed E-state index contributed by atoms with van der Waals surface area (Å²) in [5.74, 6) is -2.15. The van der Waals surface area contributed by atoms with E-state index in [-0.39, 0.29) is 11.9 Å². The minimum absolute atomic E-state index is 0.179. The molecule has 1 aliphatic rings. The van der Waals surface area contributed by atoms with Crippen molar-refractivity contribution in [1.29, 1.82) is 0 Å². The zero-order valence-electron chi connectivity index (χ0n) is 12.5. The Hall–Kier alpha value is -1.85. The second-order valence-corrected chi connectivity index (χ2v) is 6.15. The van der Waals surface area contributed by atoms with Crippen LogP contribution in [-0.4, -0.2) is 26.8 Å². The number of carboxylic acids is 1. The van der Waals surface area contributed by atoms with Crippen molar-refractivity contribution in [3.8, 4) is 0 Å². The van der Waals surface area contributed by atoms with E-state index in [9.17, 15) is 9.59 Å². The number of aryl methyl sites for hydroxylation is 1. The molecule has 0 spiro atoms. The van der Waals surface area contributed by atoms with Crippen LogP contribution >= 0.6 is 0 Å². The van der Waals surface area contributed by atoms with Crippen molar-refractivity contribution >= 4 is 11.9 Å². The third-order valence-electron chi connectivity index (χ3n) is 4.47. The number of hydrogen-bond acceptors (Lipinski definition) is 3.